The van der Waals surface area contributed by atoms with Gasteiger partial charge in [-0.1, -0.05) is 30.7 Å². The zero-order valence-corrected chi connectivity index (χ0v) is 17.9. The van der Waals surface area contributed by atoms with Gasteiger partial charge in [-0.2, -0.15) is 0 Å². The number of nitrogens with zero attached hydrogens (tertiary/aromatic N) is 2. The monoisotopic (exact) mass is 427 g/mol. The zero-order valence-electron chi connectivity index (χ0n) is 17.9. The maximum atomic E-state index is 13.8. The summed E-state index contributed by atoms with van der Waals surface area (Å²) >= 11 is 0. The number of carbonyl (C=O) groups excluding carboxylic acids is 1. The van der Waals surface area contributed by atoms with Crippen molar-refractivity contribution < 1.29 is 13.6 Å². The third kappa shape index (κ3) is 5.82. The van der Waals surface area contributed by atoms with E-state index in [2.05, 4.69) is 10.2 Å². The topological polar surface area (TPSA) is 35.6 Å². The van der Waals surface area contributed by atoms with E-state index in [1.807, 2.05) is 4.90 Å². The van der Waals surface area contributed by atoms with Gasteiger partial charge in [-0.15, -0.1) is 0 Å². The molecule has 2 fully saturated rings. The Kier molecular flexibility index (Phi) is 7.17. The summed E-state index contributed by atoms with van der Waals surface area (Å²) in [5.74, 6) is -0.136. The highest BCUT2D eigenvalue weighted by atomic mass is 19.1. The molecule has 2 heterocycles. The predicted octanol–water partition coefficient (Wildman–Crippen LogP) is 4.96. The number of carbonyl (C=O) groups is 1. The van der Waals surface area contributed by atoms with Gasteiger partial charge in [0.15, 0.2) is 0 Å². The summed E-state index contributed by atoms with van der Waals surface area (Å²) in [7, 11) is 0. The molecule has 0 bridgehead atoms. The lowest BCUT2D eigenvalue weighted by Crippen LogP contribution is -2.47. The average Bonchev–Trinajstić information content (AvgIpc) is 2.78. The number of hydrogen-bond acceptors (Lipinski definition) is 2. The van der Waals surface area contributed by atoms with E-state index in [1.165, 1.54) is 56.6 Å². The van der Waals surface area contributed by atoms with E-state index < -0.39 is 6.04 Å². The molecular formula is C25H31F2N3O. The lowest BCUT2D eigenvalue weighted by Gasteiger charge is -2.36. The van der Waals surface area contributed by atoms with Gasteiger partial charge in [0.25, 0.3) is 0 Å². The number of likely N-dealkylation sites (tertiary alicyclic amines) is 2. The molecule has 2 amide bonds. The van der Waals surface area contributed by atoms with Crippen molar-refractivity contribution in [3.05, 3.63) is 71.3 Å². The average molecular weight is 428 g/mol. The van der Waals surface area contributed by atoms with Crippen molar-refractivity contribution in [2.45, 2.75) is 38.1 Å². The Balaban J connectivity index is 1.40. The molecule has 4 nitrogen and oxygen atoms in total. The Labute approximate surface area is 183 Å². The van der Waals surface area contributed by atoms with Gasteiger partial charge >= 0.3 is 6.03 Å². The second-order valence-electron chi connectivity index (χ2n) is 8.78. The summed E-state index contributed by atoms with van der Waals surface area (Å²) in [6.45, 7) is 4.95. The normalized spacial score (nSPS) is 18.4. The van der Waals surface area contributed by atoms with E-state index in [0.717, 1.165) is 19.4 Å². The van der Waals surface area contributed by atoms with Crippen molar-refractivity contribution in [3.63, 3.8) is 0 Å². The summed E-state index contributed by atoms with van der Waals surface area (Å²) in [6, 6.07) is 11.4. The van der Waals surface area contributed by atoms with Crippen LogP contribution in [0.5, 0.6) is 0 Å². The highest BCUT2D eigenvalue weighted by Crippen LogP contribution is 2.25. The van der Waals surface area contributed by atoms with Crippen LogP contribution < -0.4 is 5.32 Å². The molecule has 0 aliphatic carbocycles. The van der Waals surface area contributed by atoms with Crippen molar-refractivity contribution in [1.29, 1.82) is 0 Å². The molecule has 0 unspecified atom stereocenters. The molecule has 4 rings (SSSR count). The van der Waals surface area contributed by atoms with Crippen molar-refractivity contribution in [3.8, 4) is 0 Å². The maximum Gasteiger partial charge on any atom is 0.318 e. The van der Waals surface area contributed by atoms with Gasteiger partial charge in [-0.25, -0.2) is 13.6 Å². The first-order chi connectivity index (χ1) is 15.1. The van der Waals surface area contributed by atoms with Crippen LogP contribution in [0.4, 0.5) is 13.6 Å². The number of amides is 2. The van der Waals surface area contributed by atoms with E-state index in [4.69, 9.17) is 0 Å². The molecule has 2 aromatic rings. The smallest absolute Gasteiger partial charge is 0.318 e. The van der Waals surface area contributed by atoms with Crippen LogP contribution >= 0.6 is 0 Å². The van der Waals surface area contributed by atoms with Crippen LogP contribution in [0, 0.1) is 17.6 Å². The molecule has 31 heavy (non-hydrogen) atoms. The summed E-state index contributed by atoms with van der Waals surface area (Å²) in [5, 5.41) is 3.01. The van der Waals surface area contributed by atoms with Crippen LogP contribution in [0.15, 0.2) is 48.5 Å². The molecule has 0 radical (unpaired) electrons. The Morgan fingerprint density at radius 3 is 2.03 bits per heavy atom. The van der Waals surface area contributed by atoms with Crippen molar-refractivity contribution in [1.82, 2.24) is 15.1 Å². The first-order valence-electron chi connectivity index (χ1n) is 11.4. The quantitative estimate of drug-likeness (QED) is 0.732. The number of benzene rings is 2. The molecule has 6 heteroatoms. The molecule has 0 saturated carbocycles. The van der Waals surface area contributed by atoms with E-state index >= 15 is 0 Å². The number of urea groups is 1. The Morgan fingerprint density at radius 2 is 1.48 bits per heavy atom. The number of rotatable bonds is 5. The van der Waals surface area contributed by atoms with Crippen LogP contribution in [0.3, 0.4) is 0 Å². The van der Waals surface area contributed by atoms with Gasteiger partial charge in [-0.05, 0) is 80.1 Å². The van der Waals surface area contributed by atoms with Gasteiger partial charge in [0.1, 0.15) is 11.6 Å². The van der Waals surface area contributed by atoms with Gasteiger partial charge in [0.2, 0.25) is 0 Å². The van der Waals surface area contributed by atoms with E-state index in [9.17, 15) is 13.6 Å². The Hall–Kier alpha value is -2.47. The number of halogens is 2. The van der Waals surface area contributed by atoms with E-state index in [1.54, 1.807) is 24.3 Å². The Bertz CT molecular complexity index is 831. The highest BCUT2D eigenvalue weighted by molar-refractivity contribution is 5.75. The first kappa shape index (κ1) is 21.8. The van der Waals surface area contributed by atoms with E-state index in [0.29, 0.717) is 30.1 Å². The van der Waals surface area contributed by atoms with Gasteiger partial charge < -0.3 is 15.1 Å². The molecule has 2 aliphatic rings. The molecular weight excluding hydrogens is 396 g/mol. The van der Waals surface area contributed by atoms with Gasteiger partial charge in [0.05, 0.1) is 6.04 Å². The maximum absolute atomic E-state index is 13.8. The van der Waals surface area contributed by atoms with Gasteiger partial charge in [-0.3, -0.25) is 0 Å². The van der Waals surface area contributed by atoms with E-state index in [-0.39, 0.29) is 17.7 Å². The third-order valence-electron chi connectivity index (χ3n) is 6.50. The minimum Gasteiger partial charge on any atom is -0.327 e. The van der Waals surface area contributed by atoms with Crippen LogP contribution in [0.1, 0.15) is 49.3 Å². The largest absolute Gasteiger partial charge is 0.327 e. The standard InChI is InChI=1S/C25H31F2N3O/c26-22-8-4-6-20(16-22)24(21-7-5-9-23(27)17-21)28-25(31)30-14-10-19(11-15-30)18-29-12-2-1-3-13-29/h4-9,16-17,19,24H,1-3,10-15,18H2,(H,28,31). The van der Waals surface area contributed by atoms with Crippen molar-refractivity contribution in [2.75, 3.05) is 32.7 Å². The number of hydrogen-bond donors (Lipinski definition) is 1. The highest BCUT2D eigenvalue weighted by Gasteiger charge is 2.27. The molecule has 166 valence electrons. The van der Waals surface area contributed by atoms with Crippen molar-refractivity contribution in [2.24, 2.45) is 5.92 Å². The minimum absolute atomic E-state index is 0.185. The first-order valence-corrected chi connectivity index (χ1v) is 11.4. The lowest BCUT2D eigenvalue weighted by atomic mass is 9.95. The number of nitrogens with one attached hydrogen (secondary N) is 1. The van der Waals surface area contributed by atoms with Crippen LogP contribution in [-0.2, 0) is 0 Å². The predicted molar refractivity (Wildman–Crippen MR) is 118 cm³/mol. The number of piperidine rings is 2. The van der Waals surface area contributed by atoms with Gasteiger partial charge in [0, 0.05) is 19.6 Å². The fraction of sp³-hybridized carbons (Fsp3) is 0.480. The zero-order chi connectivity index (χ0) is 21.6. The van der Waals surface area contributed by atoms with Crippen LogP contribution in [0.25, 0.3) is 0 Å². The molecule has 2 aromatic carbocycles. The fourth-order valence-corrected chi connectivity index (χ4v) is 4.77. The molecule has 2 saturated heterocycles. The van der Waals surface area contributed by atoms with Crippen molar-refractivity contribution >= 4 is 6.03 Å². The molecule has 1 N–H and O–H groups in total. The summed E-state index contributed by atoms with van der Waals surface area (Å²) in [5.41, 5.74) is 1.19. The van der Waals surface area contributed by atoms with Crippen LogP contribution in [-0.4, -0.2) is 48.6 Å². The molecule has 2 aliphatic heterocycles. The SMILES string of the molecule is O=C(NC(c1cccc(F)c1)c1cccc(F)c1)N1CCC(CN2CCCCC2)CC1. The van der Waals surface area contributed by atoms with Crippen LogP contribution in [0.2, 0.25) is 0 Å². The second kappa shape index (κ2) is 10.2. The summed E-state index contributed by atoms with van der Waals surface area (Å²) < 4.78 is 27.7. The fourth-order valence-electron chi connectivity index (χ4n) is 4.77. The minimum atomic E-state index is -0.607. The lowest BCUT2D eigenvalue weighted by molar-refractivity contribution is 0.136. The Morgan fingerprint density at radius 1 is 0.903 bits per heavy atom. The third-order valence-corrected chi connectivity index (χ3v) is 6.50. The molecule has 0 spiro atoms. The molecule has 0 aromatic heterocycles. The second-order valence-corrected chi connectivity index (χ2v) is 8.78. The summed E-state index contributed by atoms with van der Waals surface area (Å²) in [4.78, 5) is 17.4. The summed E-state index contributed by atoms with van der Waals surface area (Å²) in [6.07, 6.45) is 5.92. The molecule has 0 atom stereocenters.